The van der Waals surface area contributed by atoms with Crippen LogP contribution in [0.2, 0.25) is 0 Å². The zero-order chi connectivity index (χ0) is 16.2. The highest BCUT2D eigenvalue weighted by Crippen LogP contribution is 2.25. The van der Waals surface area contributed by atoms with Crippen LogP contribution in [0.1, 0.15) is 29.6 Å². The third kappa shape index (κ3) is 4.56. The molecule has 6 nitrogen and oxygen atoms in total. The van der Waals surface area contributed by atoms with Gasteiger partial charge < -0.3 is 5.32 Å². The van der Waals surface area contributed by atoms with E-state index in [4.69, 9.17) is 0 Å². The van der Waals surface area contributed by atoms with Crippen molar-refractivity contribution in [1.82, 2.24) is 19.9 Å². The summed E-state index contributed by atoms with van der Waals surface area (Å²) >= 11 is 1.55. The molecule has 1 saturated heterocycles. The van der Waals surface area contributed by atoms with E-state index < -0.39 is 0 Å². The van der Waals surface area contributed by atoms with Crippen molar-refractivity contribution in [2.45, 2.75) is 33.2 Å². The van der Waals surface area contributed by atoms with Gasteiger partial charge in [-0.3, -0.25) is 9.69 Å². The molecule has 3 heterocycles. The molecule has 7 heteroatoms. The van der Waals surface area contributed by atoms with Gasteiger partial charge in [-0.2, -0.15) is 0 Å². The molecule has 23 heavy (non-hydrogen) atoms. The van der Waals surface area contributed by atoms with E-state index in [0.717, 1.165) is 31.9 Å². The summed E-state index contributed by atoms with van der Waals surface area (Å²) in [5, 5.41) is 3.41. The first-order valence-electron chi connectivity index (χ1n) is 7.80. The van der Waals surface area contributed by atoms with E-state index in [1.54, 1.807) is 11.3 Å². The van der Waals surface area contributed by atoms with Gasteiger partial charge in [0, 0.05) is 43.5 Å². The van der Waals surface area contributed by atoms with Crippen molar-refractivity contribution < 1.29 is 4.79 Å². The number of nitrogens with zero attached hydrogens (tertiary/aromatic N) is 4. The van der Waals surface area contributed by atoms with Gasteiger partial charge in [-0.05, 0) is 37.8 Å². The lowest BCUT2D eigenvalue weighted by atomic mass is 10.0. The molecule has 0 aromatic carbocycles. The molecule has 1 amide bonds. The highest BCUT2D eigenvalue weighted by atomic mass is 32.1. The number of aromatic nitrogens is 3. The van der Waals surface area contributed by atoms with Crippen molar-refractivity contribution >= 4 is 22.4 Å². The number of thiazole rings is 1. The number of aryl methyl sites for hydroxylation is 1. The van der Waals surface area contributed by atoms with Crippen molar-refractivity contribution in [2.24, 2.45) is 5.92 Å². The van der Waals surface area contributed by atoms with Crippen LogP contribution in [0.25, 0.3) is 0 Å². The van der Waals surface area contributed by atoms with Gasteiger partial charge in [0.25, 0.3) is 0 Å². The Kier molecular flexibility index (Phi) is 4.97. The molecule has 3 rings (SSSR count). The number of hydrogen-bond acceptors (Lipinski definition) is 6. The molecule has 2 aromatic heterocycles. The molecular formula is C16H21N5OS. The molecule has 1 atom stereocenters. The maximum atomic E-state index is 11.0. The Morgan fingerprint density at radius 1 is 1.35 bits per heavy atom. The highest BCUT2D eigenvalue weighted by molar-refractivity contribution is 7.15. The van der Waals surface area contributed by atoms with E-state index in [1.165, 1.54) is 23.8 Å². The van der Waals surface area contributed by atoms with Gasteiger partial charge in [0.15, 0.2) is 5.13 Å². The lowest BCUT2D eigenvalue weighted by Gasteiger charge is -2.14. The Bertz CT molecular complexity index is 669. The molecule has 122 valence electrons. The van der Waals surface area contributed by atoms with Crippen LogP contribution in [0.5, 0.6) is 0 Å². The van der Waals surface area contributed by atoms with Crippen LogP contribution in [0.15, 0.2) is 18.6 Å². The Morgan fingerprint density at radius 2 is 2.13 bits per heavy atom. The minimum Gasteiger partial charge on any atom is -0.302 e. The van der Waals surface area contributed by atoms with Gasteiger partial charge in [-0.15, -0.1) is 11.3 Å². The number of nitrogens with one attached hydrogen (secondary N) is 1. The molecule has 1 unspecified atom stereocenters. The highest BCUT2D eigenvalue weighted by Gasteiger charge is 2.23. The van der Waals surface area contributed by atoms with Crippen molar-refractivity contribution in [3.8, 4) is 0 Å². The topological polar surface area (TPSA) is 71.0 Å². The van der Waals surface area contributed by atoms with E-state index in [2.05, 4.69) is 25.2 Å². The number of amides is 1. The average Bonchev–Trinajstić information content (AvgIpc) is 3.11. The summed E-state index contributed by atoms with van der Waals surface area (Å²) in [6, 6.07) is 0. The largest absolute Gasteiger partial charge is 0.302 e. The molecule has 0 bridgehead atoms. The first-order chi connectivity index (χ1) is 11.1. The Labute approximate surface area is 140 Å². The second-order valence-corrected chi connectivity index (χ2v) is 7.16. The summed E-state index contributed by atoms with van der Waals surface area (Å²) in [6.45, 7) is 6.50. The van der Waals surface area contributed by atoms with Crippen LogP contribution in [0.3, 0.4) is 0 Å². The number of anilines is 1. The smallest absolute Gasteiger partial charge is 0.223 e. The summed E-state index contributed by atoms with van der Waals surface area (Å²) in [4.78, 5) is 27.5. The minimum absolute atomic E-state index is 0.0764. The summed E-state index contributed by atoms with van der Waals surface area (Å²) in [5.41, 5.74) is 1.22. The first kappa shape index (κ1) is 16.0. The number of carbonyl (C=O) groups excluding carboxylic acids is 1. The second-order valence-electron chi connectivity index (χ2n) is 6.05. The lowest BCUT2D eigenvalue weighted by Crippen LogP contribution is -2.20. The quantitative estimate of drug-likeness (QED) is 0.910. The normalized spacial score (nSPS) is 18.3. The predicted molar refractivity (Wildman–Crippen MR) is 90.3 cm³/mol. The zero-order valence-corrected chi connectivity index (χ0v) is 14.3. The maximum absolute atomic E-state index is 11.0. The Morgan fingerprint density at radius 3 is 2.87 bits per heavy atom. The molecule has 0 saturated carbocycles. The van der Waals surface area contributed by atoms with Crippen molar-refractivity contribution in [3.63, 3.8) is 0 Å². The molecular weight excluding hydrogens is 310 g/mol. The van der Waals surface area contributed by atoms with Crippen LogP contribution in [0.4, 0.5) is 5.13 Å². The van der Waals surface area contributed by atoms with Crippen molar-refractivity contribution in [3.05, 3.63) is 34.9 Å². The van der Waals surface area contributed by atoms with Crippen LogP contribution >= 0.6 is 11.3 Å². The summed E-state index contributed by atoms with van der Waals surface area (Å²) in [6.07, 6.45) is 7.97. The number of carbonyl (C=O) groups is 1. The van der Waals surface area contributed by atoms with E-state index in [9.17, 15) is 4.79 Å². The van der Waals surface area contributed by atoms with Gasteiger partial charge in [-0.25, -0.2) is 15.0 Å². The van der Waals surface area contributed by atoms with Crippen LogP contribution in [-0.2, 0) is 17.8 Å². The molecule has 0 aliphatic carbocycles. The summed E-state index contributed by atoms with van der Waals surface area (Å²) < 4.78 is 0. The SMILES string of the molecule is CC(=O)Nc1ncc(CN2CCC(Cc3cnc(C)nc3)C2)s1. The average molecular weight is 331 g/mol. The summed E-state index contributed by atoms with van der Waals surface area (Å²) in [7, 11) is 0. The fraction of sp³-hybridized carbons (Fsp3) is 0.500. The third-order valence-corrected chi connectivity index (χ3v) is 4.84. The van der Waals surface area contributed by atoms with Crippen LogP contribution in [-0.4, -0.2) is 38.8 Å². The minimum atomic E-state index is -0.0764. The van der Waals surface area contributed by atoms with Crippen molar-refractivity contribution in [1.29, 1.82) is 0 Å². The van der Waals surface area contributed by atoms with Crippen LogP contribution < -0.4 is 5.32 Å². The van der Waals surface area contributed by atoms with E-state index in [0.29, 0.717) is 11.0 Å². The second kappa shape index (κ2) is 7.14. The van der Waals surface area contributed by atoms with Crippen molar-refractivity contribution in [2.75, 3.05) is 18.4 Å². The zero-order valence-electron chi connectivity index (χ0n) is 13.5. The fourth-order valence-corrected chi connectivity index (χ4v) is 3.79. The van der Waals surface area contributed by atoms with Gasteiger partial charge in [0.2, 0.25) is 5.91 Å². The van der Waals surface area contributed by atoms with Gasteiger partial charge in [0.1, 0.15) is 5.82 Å². The van der Waals surface area contributed by atoms with E-state index in [-0.39, 0.29) is 5.91 Å². The lowest BCUT2D eigenvalue weighted by molar-refractivity contribution is -0.114. The van der Waals surface area contributed by atoms with E-state index in [1.807, 2.05) is 25.5 Å². The monoisotopic (exact) mass is 331 g/mol. The molecule has 1 aliphatic heterocycles. The molecule has 1 N–H and O–H groups in total. The van der Waals surface area contributed by atoms with Gasteiger partial charge in [-0.1, -0.05) is 0 Å². The number of likely N-dealkylation sites (tertiary alicyclic amines) is 1. The molecule has 1 aliphatic rings. The first-order valence-corrected chi connectivity index (χ1v) is 8.62. The molecule has 0 radical (unpaired) electrons. The standard InChI is InChI=1S/C16H21N5OS/c1-11-17-6-14(7-18-11)5-13-3-4-21(9-13)10-15-8-19-16(23-15)20-12(2)22/h6-8,13H,3-5,9-10H2,1-2H3,(H,19,20,22). The molecule has 0 spiro atoms. The molecule has 2 aromatic rings. The van der Waals surface area contributed by atoms with Gasteiger partial charge >= 0.3 is 0 Å². The fourth-order valence-electron chi connectivity index (χ4n) is 2.89. The third-order valence-electron chi connectivity index (χ3n) is 3.94. The Hall–Kier alpha value is -1.86. The maximum Gasteiger partial charge on any atom is 0.223 e. The van der Waals surface area contributed by atoms with Gasteiger partial charge in [0.05, 0.1) is 0 Å². The van der Waals surface area contributed by atoms with E-state index >= 15 is 0 Å². The number of rotatable bonds is 5. The molecule has 1 fully saturated rings. The summed E-state index contributed by atoms with van der Waals surface area (Å²) in [5.74, 6) is 1.40. The Balaban J connectivity index is 1.50. The predicted octanol–water partition coefficient (Wildman–Crippen LogP) is 2.26. The number of hydrogen-bond donors (Lipinski definition) is 1. The van der Waals surface area contributed by atoms with Crippen LogP contribution in [0, 0.1) is 12.8 Å².